The van der Waals surface area contributed by atoms with Gasteiger partial charge in [-0.15, -0.1) is 0 Å². The van der Waals surface area contributed by atoms with Crippen molar-refractivity contribution in [3.8, 4) is 113 Å². The van der Waals surface area contributed by atoms with Crippen LogP contribution in [-0.2, 0) is 21.1 Å². The van der Waals surface area contributed by atoms with Crippen LogP contribution >= 0.6 is 0 Å². The van der Waals surface area contributed by atoms with Crippen molar-refractivity contribution in [2.45, 2.75) is 40.5 Å². The summed E-state index contributed by atoms with van der Waals surface area (Å²) in [6.45, 7) is 10.8. The van der Waals surface area contributed by atoms with E-state index in [4.69, 9.17) is 4.98 Å². The minimum atomic E-state index is 0. The molecule has 77 heavy (non-hydrogen) atoms. The quantitative estimate of drug-likeness (QED) is 0.123. The Labute approximate surface area is 463 Å². The molecular formula is C66H52N10Pt. The van der Waals surface area contributed by atoms with Crippen LogP contribution in [0.15, 0.2) is 219 Å². The van der Waals surface area contributed by atoms with E-state index in [9.17, 15) is 0 Å². The van der Waals surface area contributed by atoms with E-state index in [-0.39, 0.29) is 21.1 Å². The Hall–Kier alpha value is -9.11. The normalized spacial score (nSPS) is 10.9. The average molecular weight is 1180 g/mol. The summed E-state index contributed by atoms with van der Waals surface area (Å²) in [5.74, 6) is 2.39. The molecule has 0 fully saturated rings. The molecule has 6 aromatic heterocycles. The van der Waals surface area contributed by atoms with Crippen molar-refractivity contribution in [3.05, 3.63) is 241 Å². The van der Waals surface area contributed by atoms with E-state index >= 15 is 0 Å². The maximum atomic E-state index is 4.70. The van der Waals surface area contributed by atoms with E-state index < -0.39 is 0 Å². The van der Waals surface area contributed by atoms with Crippen LogP contribution in [0.1, 0.15) is 42.0 Å². The van der Waals surface area contributed by atoms with Crippen LogP contribution in [0.25, 0.3) is 113 Å². The van der Waals surface area contributed by atoms with E-state index in [0.29, 0.717) is 52.0 Å². The molecule has 376 valence electrons. The Morgan fingerprint density at radius 2 is 0.779 bits per heavy atom. The molecule has 0 N–H and O–H groups in total. The van der Waals surface area contributed by atoms with Crippen LogP contribution in [-0.4, -0.2) is 40.1 Å². The van der Waals surface area contributed by atoms with Crippen LogP contribution in [0.2, 0.25) is 0 Å². The molecule has 0 bridgehead atoms. The number of hydrogen-bond donors (Lipinski definition) is 0. The predicted molar refractivity (Wildman–Crippen MR) is 305 cm³/mol. The van der Waals surface area contributed by atoms with Gasteiger partial charge in [-0.3, -0.25) is 30.1 Å². The maximum absolute atomic E-state index is 4.70. The molecule has 0 aliphatic carbocycles. The zero-order chi connectivity index (χ0) is 52.0. The Bertz CT molecular complexity index is 3950. The Kier molecular flexibility index (Phi) is 15.5. The number of hydrogen-bond acceptors (Lipinski definition) is 8. The SMILES string of the molecule is Cc1cccc(-c2cccc(-c3ccccc3)c2-c2cc(-c3nc(-c4ccccn4)n[n-]3)ncc2C)c1.Cc1cnc(-c2nc(-c3ccccn3)n[n-]2)cc1-c1c(-c2ccccc2)cccc1-c1cccc(C(C)C)c1.[Pt+2]. The maximum Gasteiger partial charge on any atom is 2.00 e. The molecule has 0 aliphatic heterocycles. The number of nitrogens with zero attached hydrogens (tertiary/aromatic N) is 10. The van der Waals surface area contributed by atoms with Gasteiger partial charge in [-0.1, -0.05) is 177 Å². The van der Waals surface area contributed by atoms with Crippen LogP contribution in [0.3, 0.4) is 0 Å². The predicted octanol–water partition coefficient (Wildman–Crippen LogP) is 15.2. The van der Waals surface area contributed by atoms with Crippen molar-refractivity contribution in [3.63, 3.8) is 0 Å². The second kappa shape index (κ2) is 23.2. The molecule has 0 unspecified atom stereocenters. The van der Waals surface area contributed by atoms with Crippen molar-refractivity contribution in [2.24, 2.45) is 0 Å². The molecule has 10 nitrogen and oxygen atoms in total. The largest absolute Gasteiger partial charge is 2.00 e. The molecule has 0 spiro atoms. The van der Waals surface area contributed by atoms with E-state index in [0.717, 1.165) is 50.1 Å². The van der Waals surface area contributed by atoms with Crippen molar-refractivity contribution < 1.29 is 21.1 Å². The number of rotatable bonds is 11. The van der Waals surface area contributed by atoms with Gasteiger partial charge in [-0.25, -0.2) is 0 Å². The van der Waals surface area contributed by atoms with Crippen LogP contribution in [0.4, 0.5) is 0 Å². The second-order valence-corrected chi connectivity index (χ2v) is 19.0. The monoisotopic (exact) mass is 1180 g/mol. The van der Waals surface area contributed by atoms with Crippen LogP contribution in [0, 0.1) is 20.8 Å². The van der Waals surface area contributed by atoms with E-state index in [1.54, 1.807) is 12.4 Å². The Morgan fingerprint density at radius 3 is 1.22 bits per heavy atom. The van der Waals surface area contributed by atoms with Gasteiger partial charge in [0.1, 0.15) is 0 Å². The molecule has 6 heterocycles. The van der Waals surface area contributed by atoms with Gasteiger partial charge in [-0.2, -0.15) is 0 Å². The summed E-state index contributed by atoms with van der Waals surface area (Å²) in [6, 6.07) is 67.0. The molecule has 0 atom stereocenters. The van der Waals surface area contributed by atoms with Gasteiger partial charge >= 0.3 is 21.1 Å². The molecule has 0 radical (unpaired) electrons. The van der Waals surface area contributed by atoms with Crippen molar-refractivity contribution in [1.29, 1.82) is 0 Å². The number of aromatic nitrogens is 10. The summed E-state index contributed by atoms with van der Waals surface area (Å²) < 4.78 is 0. The van der Waals surface area contributed by atoms with Gasteiger partial charge in [0.05, 0.1) is 34.4 Å². The number of pyridine rings is 4. The van der Waals surface area contributed by atoms with E-state index in [1.165, 1.54) is 38.9 Å². The third-order valence-electron chi connectivity index (χ3n) is 13.4. The van der Waals surface area contributed by atoms with Gasteiger partial charge in [0, 0.05) is 24.8 Å². The van der Waals surface area contributed by atoms with Gasteiger partial charge in [0.2, 0.25) is 0 Å². The summed E-state index contributed by atoms with van der Waals surface area (Å²) in [5, 5.41) is 17.2. The fourth-order valence-corrected chi connectivity index (χ4v) is 9.49. The summed E-state index contributed by atoms with van der Waals surface area (Å²) in [5.41, 5.74) is 21.3. The van der Waals surface area contributed by atoms with Gasteiger partial charge < -0.3 is 20.2 Å². The Morgan fingerprint density at radius 1 is 0.364 bits per heavy atom. The average Bonchev–Trinajstić information content (AvgIpc) is 4.25. The molecule has 12 aromatic rings. The molecule has 12 rings (SSSR count). The summed E-state index contributed by atoms with van der Waals surface area (Å²) >= 11 is 0. The summed E-state index contributed by atoms with van der Waals surface area (Å²) in [4.78, 5) is 27.4. The standard InChI is InChI=1S/C34H28N5.C32H24N5.Pt/c1-22(2)25-13-9-14-26(19-25)28-16-10-15-27(24-11-5-4-6-12-24)32(28)29-20-31(36-21-23(29)3)34-37-33(38-39-34)30-17-7-8-18-35-30;1-21-10-8-13-24(18-21)26-15-9-14-25(23-11-4-3-5-12-23)30(26)27-19-29(34-20-22(27)2)32-35-31(36-37-32)28-16-6-7-17-33-28;/h4-22H,1-3H3;3-20H,1-2H3;/q2*-1;+2. The minimum absolute atomic E-state index is 0. The number of benzene rings is 6. The summed E-state index contributed by atoms with van der Waals surface area (Å²) in [7, 11) is 0. The molecular weight excluding hydrogens is 1130 g/mol. The van der Waals surface area contributed by atoms with Crippen LogP contribution < -0.4 is 10.2 Å². The van der Waals surface area contributed by atoms with Crippen molar-refractivity contribution in [1.82, 2.24) is 50.3 Å². The van der Waals surface area contributed by atoms with Crippen molar-refractivity contribution in [2.75, 3.05) is 0 Å². The second-order valence-electron chi connectivity index (χ2n) is 19.0. The van der Waals surface area contributed by atoms with Crippen LogP contribution in [0.5, 0.6) is 0 Å². The molecule has 6 aromatic carbocycles. The van der Waals surface area contributed by atoms with E-state index in [2.05, 4.69) is 226 Å². The molecule has 0 saturated heterocycles. The fraction of sp³-hybridized carbons (Fsp3) is 0.0909. The smallest absolute Gasteiger partial charge is 0.415 e. The van der Waals surface area contributed by atoms with Gasteiger partial charge in [0.15, 0.2) is 0 Å². The minimum Gasteiger partial charge on any atom is -0.415 e. The topological polar surface area (TPSA) is 131 Å². The first-order valence-corrected chi connectivity index (χ1v) is 25.3. The zero-order valence-electron chi connectivity index (χ0n) is 43.2. The van der Waals surface area contributed by atoms with Gasteiger partial charge in [-0.05, 0) is 158 Å². The molecule has 0 saturated carbocycles. The first kappa shape index (κ1) is 51.4. The summed E-state index contributed by atoms with van der Waals surface area (Å²) in [6.07, 6.45) is 7.24. The Balaban J connectivity index is 0.000000173. The zero-order valence-corrected chi connectivity index (χ0v) is 45.4. The van der Waals surface area contributed by atoms with E-state index in [1.807, 2.05) is 60.9 Å². The first-order valence-electron chi connectivity index (χ1n) is 25.3. The fourth-order valence-electron chi connectivity index (χ4n) is 9.49. The first-order chi connectivity index (χ1) is 37.3. The third kappa shape index (κ3) is 11.2. The van der Waals surface area contributed by atoms with Gasteiger partial charge in [0.25, 0.3) is 0 Å². The third-order valence-corrected chi connectivity index (χ3v) is 13.4. The van der Waals surface area contributed by atoms with Crippen molar-refractivity contribution >= 4 is 0 Å². The molecule has 0 aliphatic rings. The molecule has 11 heteroatoms. The number of aryl methyl sites for hydroxylation is 3. The molecule has 0 amide bonds.